The van der Waals surface area contributed by atoms with Gasteiger partial charge in [0, 0.05) is 15.0 Å². The summed E-state index contributed by atoms with van der Waals surface area (Å²) in [5, 5.41) is 0. The van der Waals surface area contributed by atoms with Gasteiger partial charge in [0.15, 0.2) is 0 Å². The van der Waals surface area contributed by atoms with Gasteiger partial charge in [-0.3, -0.25) is 0 Å². The lowest BCUT2D eigenvalue weighted by molar-refractivity contribution is 0.920. The van der Waals surface area contributed by atoms with Gasteiger partial charge in [-0.25, -0.2) is 0 Å². The van der Waals surface area contributed by atoms with E-state index in [1.54, 1.807) is 0 Å². The van der Waals surface area contributed by atoms with Crippen LogP contribution >= 0.6 is 31.9 Å². The summed E-state index contributed by atoms with van der Waals surface area (Å²) in [7, 11) is 0. The third-order valence-electron chi connectivity index (χ3n) is 1.40. The Labute approximate surface area is 84.3 Å². The van der Waals surface area contributed by atoms with E-state index in [1.807, 2.05) is 0 Å². The molecule has 0 saturated heterocycles. The van der Waals surface area contributed by atoms with Crippen molar-refractivity contribution in [3.8, 4) is 0 Å². The van der Waals surface area contributed by atoms with E-state index in [0.717, 1.165) is 15.4 Å². The Kier molecular flexibility index (Phi) is 3.60. The third kappa shape index (κ3) is 2.96. The van der Waals surface area contributed by atoms with Crippen LogP contribution in [0.1, 0.15) is 18.9 Å². The first-order valence-electron chi connectivity index (χ1n) is 3.59. The molecule has 0 fully saturated rings. The molecule has 0 bridgehead atoms. The quantitative estimate of drug-likeness (QED) is 0.767. The lowest BCUT2D eigenvalue weighted by Gasteiger charge is -1.99. The van der Waals surface area contributed by atoms with Crippen molar-refractivity contribution in [1.29, 1.82) is 0 Å². The maximum atomic E-state index is 3.40. The van der Waals surface area contributed by atoms with Crippen molar-refractivity contribution >= 4 is 31.9 Å². The Hall–Kier alpha value is 0.180. The van der Waals surface area contributed by atoms with Crippen molar-refractivity contribution < 1.29 is 0 Å². The van der Waals surface area contributed by atoms with E-state index in [2.05, 4.69) is 57.0 Å². The minimum Gasteiger partial charge on any atom is -0.0651 e. The van der Waals surface area contributed by atoms with Gasteiger partial charge in [-0.15, -0.1) is 0 Å². The summed E-state index contributed by atoms with van der Waals surface area (Å²) >= 11 is 6.79. The van der Waals surface area contributed by atoms with E-state index >= 15 is 0 Å². The van der Waals surface area contributed by atoms with E-state index in [0.29, 0.717) is 0 Å². The summed E-state index contributed by atoms with van der Waals surface area (Å²) in [6.45, 7) is 2.18. The molecule has 0 aliphatic heterocycles. The maximum absolute atomic E-state index is 3.40. The van der Waals surface area contributed by atoms with Crippen LogP contribution in [0.15, 0.2) is 21.1 Å². The van der Waals surface area contributed by atoms with Gasteiger partial charge in [-0.2, -0.15) is 0 Å². The van der Waals surface area contributed by atoms with Crippen LogP contribution in [0, 0.1) is 6.07 Å². The van der Waals surface area contributed by atoms with Gasteiger partial charge in [0.25, 0.3) is 0 Å². The Morgan fingerprint density at radius 2 is 1.82 bits per heavy atom. The molecule has 0 unspecified atom stereocenters. The van der Waals surface area contributed by atoms with Crippen molar-refractivity contribution in [2.75, 3.05) is 0 Å². The summed E-state index contributed by atoms with van der Waals surface area (Å²) in [6.07, 6.45) is 2.31. The molecule has 2 heteroatoms. The van der Waals surface area contributed by atoms with E-state index in [9.17, 15) is 0 Å². The Morgan fingerprint density at radius 1 is 1.27 bits per heavy atom. The number of benzene rings is 1. The van der Waals surface area contributed by atoms with Gasteiger partial charge in [-0.05, 0) is 24.1 Å². The fourth-order valence-electron chi connectivity index (χ4n) is 0.986. The summed E-state index contributed by atoms with van der Waals surface area (Å²) in [4.78, 5) is 0. The normalized spacial score (nSPS) is 10.1. The zero-order valence-electron chi connectivity index (χ0n) is 6.32. The average molecular weight is 277 g/mol. The van der Waals surface area contributed by atoms with Gasteiger partial charge in [-0.1, -0.05) is 45.2 Å². The predicted molar refractivity (Wildman–Crippen MR) is 54.7 cm³/mol. The summed E-state index contributed by atoms with van der Waals surface area (Å²) in [5.74, 6) is 0. The van der Waals surface area contributed by atoms with Crippen molar-refractivity contribution in [1.82, 2.24) is 0 Å². The molecule has 0 heterocycles. The molecule has 59 valence electrons. The zero-order chi connectivity index (χ0) is 8.27. The molecular weight excluding hydrogens is 268 g/mol. The number of halogens is 2. The van der Waals surface area contributed by atoms with Crippen LogP contribution in [-0.4, -0.2) is 0 Å². The first-order chi connectivity index (χ1) is 5.22. The lowest BCUT2D eigenvalue weighted by Crippen LogP contribution is -1.82. The molecule has 1 aromatic rings. The monoisotopic (exact) mass is 275 g/mol. The Morgan fingerprint density at radius 3 is 2.27 bits per heavy atom. The summed E-state index contributed by atoms with van der Waals surface area (Å²) < 4.78 is 2.05. The molecule has 0 atom stereocenters. The molecular formula is C9H9Br2. The van der Waals surface area contributed by atoms with E-state index in [1.165, 1.54) is 12.0 Å². The third-order valence-corrected chi connectivity index (χ3v) is 2.26. The van der Waals surface area contributed by atoms with Gasteiger partial charge in [0.1, 0.15) is 0 Å². The minimum absolute atomic E-state index is 1.02. The summed E-state index contributed by atoms with van der Waals surface area (Å²) in [6, 6.07) is 7.31. The Balaban J connectivity index is 2.89. The second-order valence-corrected chi connectivity index (χ2v) is 4.14. The van der Waals surface area contributed by atoms with Crippen LogP contribution in [0.5, 0.6) is 0 Å². The molecule has 0 aliphatic rings. The van der Waals surface area contributed by atoms with Gasteiger partial charge < -0.3 is 0 Å². The highest BCUT2D eigenvalue weighted by Gasteiger charge is 1.96. The topological polar surface area (TPSA) is 0 Å². The molecule has 1 rings (SSSR count). The van der Waals surface area contributed by atoms with Gasteiger partial charge in [0.05, 0.1) is 0 Å². The van der Waals surface area contributed by atoms with Gasteiger partial charge in [0.2, 0.25) is 0 Å². The highest BCUT2D eigenvalue weighted by atomic mass is 79.9. The van der Waals surface area contributed by atoms with Crippen LogP contribution in [0.3, 0.4) is 0 Å². The first-order valence-corrected chi connectivity index (χ1v) is 5.18. The second-order valence-electron chi connectivity index (χ2n) is 2.43. The van der Waals surface area contributed by atoms with Crippen LogP contribution in [0.25, 0.3) is 0 Å². The fraction of sp³-hybridized carbons (Fsp3) is 0.333. The number of rotatable bonds is 2. The van der Waals surface area contributed by atoms with Gasteiger partial charge >= 0.3 is 0 Å². The van der Waals surface area contributed by atoms with Crippen LogP contribution in [0.2, 0.25) is 0 Å². The van der Waals surface area contributed by atoms with Crippen molar-refractivity contribution in [2.45, 2.75) is 19.8 Å². The maximum Gasteiger partial charge on any atom is 0.0268 e. The SMILES string of the molecule is CCCc1cc(Br)[c]c(Br)c1. The highest BCUT2D eigenvalue weighted by Crippen LogP contribution is 2.19. The number of hydrogen-bond acceptors (Lipinski definition) is 0. The smallest absolute Gasteiger partial charge is 0.0268 e. The minimum atomic E-state index is 1.02. The van der Waals surface area contributed by atoms with Crippen molar-refractivity contribution in [2.24, 2.45) is 0 Å². The lowest BCUT2D eigenvalue weighted by atomic mass is 10.1. The molecule has 1 aromatic carbocycles. The molecule has 0 aliphatic carbocycles. The Bertz CT molecular complexity index is 223. The highest BCUT2D eigenvalue weighted by molar-refractivity contribution is 9.11. The molecule has 0 spiro atoms. The standard InChI is InChI=1S/C9H9Br2/c1-2-3-7-4-8(10)6-9(11)5-7/h4-5H,2-3H2,1H3. The molecule has 0 amide bonds. The van der Waals surface area contributed by atoms with Crippen molar-refractivity contribution in [3.05, 3.63) is 32.7 Å². The molecule has 0 nitrogen and oxygen atoms in total. The van der Waals surface area contributed by atoms with E-state index in [-0.39, 0.29) is 0 Å². The van der Waals surface area contributed by atoms with Crippen LogP contribution < -0.4 is 0 Å². The molecule has 1 radical (unpaired) electrons. The molecule has 11 heavy (non-hydrogen) atoms. The molecule has 0 saturated carbocycles. The van der Waals surface area contributed by atoms with E-state index < -0.39 is 0 Å². The number of hydrogen-bond donors (Lipinski definition) is 0. The largest absolute Gasteiger partial charge is 0.0651 e. The molecule has 0 aromatic heterocycles. The number of aryl methyl sites for hydroxylation is 1. The fourth-order valence-corrected chi connectivity index (χ4v) is 2.27. The van der Waals surface area contributed by atoms with Crippen LogP contribution in [-0.2, 0) is 6.42 Å². The second kappa shape index (κ2) is 4.27. The average Bonchev–Trinajstić information content (AvgIpc) is 1.85. The first kappa shape index (κ1) is 9.27. The predicted octanol–water partition coefficient (Wildman–Crippen LogP) is 3.96. The molecule has 0 N–H and O–H groups in total. The van der Waals surface area contributed by atoms with E-state index in [4.69, 9.17) is 0 Å². The van der Waals surface area contributed by atoms with Crippen molar-refractivity contribution in [3.63, 3.8) is 0 Å². The van der Waals surface area contributed by atoms with Crippen LogP contribution in [0.4, 0.5) is 0 Å². The summed E-state index contributed by atoms with van der Waals surface area (Å²) in [5.41, 5.74) is 1.35. The zero-order valence-corrected chi connectivity index (χ0v) is 9.50.